The summed E-state index contributed by atoms with van der Waals surface area (Å²) in [5.74, 6) is -0.284. The first kappa shape index (κ1) is 20.6. The molecule has 29 heavy (non-hydrogen) atoms. The van der Waals surface area contributed by atoms with Crippen LogP contribution in [0.1, 0.15) is 32.7 Å². The van der Waals surface area contributed by atoms with Crippen LogP contribution in [0.4, 0.5) is 19.0 Å². The van der Waals surface area contributed by atoms with Gasteiger partial charge in [0.25, 0.3) is 5.91 Å². The first-order valence-electron chi connectivity index (χ1n) is 9.05. The number of hydrogen-bond donors (Lipinski definition) is 0. The van der Waals surface area contributed by atoms with Crippen LogP contribution in [0.5, 0.6) is 0 Å². The number of carbonyl (C=O) groups excluding carboxylic acids is 2. The lowest BCUT2D eigenvalue weighted by atomic mass is 10.1. The molecule has 0 unspecified atom stereocenters. The van der Waals surface area contributed by atoms with Crippen LogP contribution in [0.2, 0.25) is 0 Å². The molecule has 0 aliphatic carbocycles. The molecule has 9 heteroatoms. The van der Waals surface area contributed by atoms with E-state index in [1.165, 1.54) is 19.2 Å². The van der Waals surface area contributed by atoms with Gasteiger partial charge in [-0.25, -0.2) is 9.78 Å². The van der Waals surface area contributed by atoms with Crippen molar-refractivity contribution in [2.45, 2.75) is 12.6 Å². The van der Waals surface area contributed by atoms with Crippen molar-refractivity contribution in [1.82, 2.24) is 9.88 Å². The van der Waals surface area contributed by atoms with E-state index >= 15 is 0 Å². The minimum atomic E-state index is -4.42. The summed E-state index contributed by atoms with van der Waals surface area (Å²) < 4.78 is 42.8. The average molecular weight is 407 g/mol. The largest absolute Gasteiger partial charge is 0.465 e. The number of ether oxygens (including phenoxy) is 1. The fourth-order valence-electron chi connectivity index (χ4n) is 3.17. The van der Waals surface area contributed by atoms with Crippen molar-refractivity contribution >= 4 is 17.7 Å². The summed E-state index contributed by atoms with van der Waals surface area (Å²) in [6.07, 6.45) is -2.96. The van der Waals surface area contributed by atoms with E-state index in [2.05, 4.69) is 9.72 Å². The molecule has 1 amide bonds. The molecule has 0 N–H and O–H groups in total. The first-order valence-corrected chi connectivity index (χ1v) is 9.05. The highest BCUT2D eigenvalue weighted by molar-refractivity contribution is 5.98. The van der Waals surface area contributed by atoms with Gasteiger partial charge in [0.15, 0.2) is 0 Å². The fraction of sp³-hybridized carbons (Fsp3) is 0.350. The lowest BCUT2D eigenvalue weighted by molar-refractivity contribution is -0.137. The number of aromatic nitrogens is 1. The van der Waals surface area contributed by atoms with Crippen LogP contribution in [0.25, 0.3) is 0 Å². The number of nitrogens with zero attached hydrogens (tertiary/aromatic N) is 3. The Morgan fingerprint density at radius 2 is 1.79 bits per heavy atom. The van der Waals surface area contributed by atoms with E-state index in [0.717, 1.165) is 12.3 Å². The number of halogens is 3. The van der Waals surface area contributed by atoms with Gasteiger partial charge in [-0.05, 0) is 36.8 Å². The van der Waals surface area contributed by atoms with Gasteiger partial charge in [-0.2, -0.15) is 13.2 Å². The Labute approximate surface area is 165 Å². The molecule has 154 valence electrons. The summed E-state index contributed by atoms with van der Waals surface area (Å²) in [4.78, 5) is 32.0. The van der Waals surface area contributed by atoms with E-state index in [0.29, 0.717) is 49.5 Å². The second-order valence-electron chi connectivity index (χ2n) is 6.61. The van der Waals surface area contributed by atoms with Crippen LogP contribution >= 0.6 is 0 Å². The van der Waals surface area contributed by atoms with Crippen molar-refractivity contribution in [3.8, 4) is 0 Å². The van der Waals surface area contributed by atoms with Gasteiger partial charge in [-0.15, -0.1) is 0 Å². The third-order valence-electron chi connectivity index (χ3n) is 4.71. The number of esters is 1. The zero-order chi connectivity index (χ0) is 21.0. The summed E-state index contributed by atoms with van der Waals surface area (Å²) in [7, 11) is 1.27. The summed E-state index contributed by atoms with van der Waals surface area (Å²) in [5, 5.41) is 0. The highest BCUT2D eigenvalue weighted by Gasteiger charge is 2.31. The monoisotopic (exact) mass is 407 g/mol. The summed E-state index contributed by atoms with van der Waals surface area (Å²) in [6.45, 7) is 1.91. The third kappa shape index (κ3) is 4.85. The molecule has 0 bridgehead atoms. The van der Waals surface area contributed by atoms with E-state index in [-0.39, 0.29) is 5.91 Å². The molecule has 0 radical (unpaired) electrons. The molecule has 1 aromatic heterocycles. The lowest BCUT2D eigenvalue weighted by Crippen LogP contribution is -2.35. The molecule has 2 aromatic rings. The molecule has 1 fully saturated rings. The molecular weight excluding hydrogens is 387 g/mol. The Balaban J connectivity index is 1.68. The number of alkyl halides is 3. The number of rotatable bonds is 3. The van der Waals surface area contributed by atoms with Gasteiger partial charge >= 0.3 is 12.1 Å². The average Bonchev–Trinajstić information content (AvgIpc) is 2.98. The van der Waals surface area contributed by atoms with Crippen LogP contribution in [0, 0.1) is 0 Å². The van der Waals surface area contributed by atoms with Crippen molar-refractivity contribution in [1.29, 1.82) is 0 Å². The van der Waals surface area contributed by atoms with Crippen LogP contribution in [-0.4, -0.2) is 55.0 Å². The van der Waals surface area contributed by atoms with Gasteiger partial charge in [0.05, 0.1) is 18.2 Å². The van der Waals surface area contributed by atoms with Crippen molar-refractivity contribution in [2.75, 3.05) is 38.2 Å². The van der Waals surface area contributed by atoms with Gasteiger partial charge < -0.3 is 14.5 Å². The highest BCUT2D eigenvalue weighted by Crippen LogP contribution is 2.29. The van der Waals surface area contributed by atoms with Crippen molar-refractivity contribution in [2.24, 2.45) is 0 Å². The van der Waals surface area contributed by atoms with Gasteiger partial charge in [0.1, 0.15) is 5.82 Å². The molecule has 1 saturated heterocycles. The maximum atomic E-state index is 12.8. The van der Waals surface area contributed by atoms with E-state index in [9.17, 15) is 22.8 Å². The topological polar surface area (TPSA) is 62.7 Å². The summed E-state index contributed by atoms with van der Waals surface area (Å²) in [5.41, 5.74) is -0.115. The molecule has 6 nitrogen and oxygen atoms in total. The second kappa shape index (κ2) is 8.50. The molecule has 3 rings (SSSR count). The number of anilines is 1. The predicted molar refractivity (Wildman–Crippen MR) is 99.8 cm³/mol. The van der Waals surface area contributed by atoms with Gasteiger partial charge in [0.2, 0.25) is 0 Å². The number of methoxy groups -OCH3 is 1. The maximum Gasteiger partial charge on any atom is 0.417 e. The standard InChI is InChI=1S/C20H20F3N3O3/c1-29-19(28)15-5-2-4-14(12-15)18(27)26-9-3-8-25(10-11-26)17-7-6-16(13-24-17)20(21,22)23/h2,4-7,12-13H,3,8-11H2,1H3. The molecule has 0 saturated carbocycles. The van der Waals surface area contributed by atoms with E-state index in [4.69, 9.17) is 0 Å². The highest BCUT2D eigenvalue weighted by atomic mass is 19.4. The van der Waals surface area contributed by atoms with E-state index in [1.54, 1.807) is 23.1 Å². The van der Waals surface area contributed by atoms with Crippen LogP contribution in [-0.2, 0) is 10.9 Å². The number of carbonyl (C=O) groups is 2. The number of hydrogen-bond acceptors (Lipinski definition) is 5. The van der Waals surface area contributed by atoms with Crippen LogP contribution in [0.15, 0.2) is 42.6 Å². The minimum Gasteiger partial charge on any atom is -0.465 e. The van der Waals surface area contributed by atoms with E-state index < -0.39 is 17.7 Å². The Kier molecular flexibility index (Phi) is 6.05. The third-order valence-corrected chi connectivity index (χ3v) is 4.71. The number of benzene rings is 1. The quantitative estimate of drug-likeness (QED) is 0.731. The van der Waals surface area contributed by atoms with E-state index in [1.807, 2.05) is 4.90 Å². The molecular formula is C20H20F3N3O3. The van der Waals surface area contributed by atoms with Gasteiger partial charge in [0, 0.05) is 37.9 Å². The van der Waals surface area contributed by atoms with Gasteiger partial charge in [-0.3, -0.25) is 4.79 Å². The molecule has 0 atom stereocenters. The molecule has 1 aliphatic rings. The first-order chi connectivity index (χ1) is 13.8. The smallest absolute Gasteiger partial charge is 0.417 e. The zero-order valence-corrected chi connectivity index (χ0v) is 15.8. The lowest BCUT2D eigenvalue weighted by Gasteiger charge is -2.23. The predicted octanol–water partition coefficient (Wildman–Crippen LogP) is 3.24. The van der Waals surface area contributed by atoms with Crippen molar-refractivity contribution in [3.63, 3.8) is 0 Å². The minimum absolute atomic E-state index is 0.210. The second-order valence-corrected chi connectivity index (χ2v) is 6.61. The Morgan fingerprint density at radius 3 is 2.45 bits per heavy atom. The van der Waals surface area contributed by atoms with Gasteiger partial charge in [-0.1, -0.05) is 6.07 Å². The summed E-state index contributed by atoms with van der Waals surface area (Å²) in [6, 6.07) is 8.68. The van der Waals surface area contributed by atoms with Crippen molar-refractivity contribution < 1.29 is 27.5 Å². The number of pyridine rings is 1. The molecule has 0 spiro atoms. The zero-order valence-electron chi connectivity index (χ0n) is 15.8. The molecule has 1 aromatic carbocycles. The maximum absolute atomic E-state index is 12.8. The Hall–Kier alpha value is -3.10. The SMILES string of the molecule is COC(=O)c1cccc(C(=O)N2CCCN(c3ccc(C(F)(F)F)cn3)CC2)c1. The summed E-state index contributed by atoms with van der Waals surface area (Å²) >= 11 is 0. The Bertz CT molecular complexity index is 885. The Morgan fingerprint density at radius 1 is 1.03 bits per heavy atom. The van der Waals surface area contributed by atoms with Crippen molar-refractivity contribution in [3.05, 3.63) is 59.3 Å². The van der Waals surface area contributed by atoms with Crippen LogP contribution in [0.3, 0.4) is 0 Å². The van der Waals surface area contributed by atoms with Crippen LogP contribution < -0.4 is 4.90 Å². The molecule has 2 heterocycles. The molecule has 1 aliphatic heterocycles. The number of amides is 1. The fourth-order valence-corrected chi connectivity index (χ4v) is 3.17. The normalized spacial score (nSPS) is 15.0.